The van der Waals surface area contributed by atoms with Crippen molar-refractivity contribution >= 4 is 21.6 Å². The molecule has 0 saturated heterocycles. The first-order valence-corrected chi connectivity index (χ1v) is 6.69. The van der Waals surface area contributed by atoms with Gasteiger partial charge in [-0.3, -0.25) is 0 Å². The molecule has 3 heteroatoms. The Morgan fingerprint density at radius 2 is 2.18 bits per heavy atom. The summed E-state index contributed by atoms with van der Waals surface area (Å²) in [6, 6.07) is 6.39. The van der Waals surface area contributed by atoms with Crippen LogP contribution in [0.2, 0.25) is 0 Å². The van der Waals surface area contributed by atoms with Crippen molar-refractivity contribution in [2.24, 2.45) is 5.73 Å². The Hall–Kier alpha value is -0.800. The van der Waals surface area contributed by atoms with Crippen molar-refractivity contribution in [1.82, 2.24) is 0 Å². The number of likely N-dealkylation sites (N-methyl/N-ethyl adjacent to an activating group) is 1. The number of halogens is 1. The first kappa shape index (κ1) is 14.3. The van der Waals surface area contributed by atoms with Crippen molar-refractivity contribution in [1.29, 1.82) is 0 Å². The van der Waals surface area contributed by atoms with Crippen LogP contribution in [0.5, 0.6) is 0 Å². The van der Waals surface area contributed by atoms with E-state index < -0.39 is 0 Å². The molecule has 94 valence electrons. The first-order valence-electron chi connectivity index (χ1n) is 5.90. The molecule has 1 atom stereocenters. The molecule has 2 nitrogen and oxygen atoms in total. The average molecular weight is 297 g/mol. The third-order valence-electron chi connectivity index (χ3n) is 2.68. The quantitative estimate of drug-likeness (QED) is 0.836. The number of benzene rings is 1. The highest BCUT2D eigenvalue weighted by molar-refractivity contribution is 9.10. The minimum Gasteiger partial charge on any atom is -0.368 e. The zero-order valence-electron chi connectivity index (χ0n) is 10.8. The van der Waals surface area contributed by atoms with E-state index in [1.807, 2.05) is 13.8 Å². The number of hydrogen-bond acceptors (Lipinski definition) is 2. The van der Waals surface area contributed by atoms with E-state index in [1.54, 1.807) is 0 Å². The highest BCUT2D eigenvalue weighted by atomic mass is 79.9. The Morgan fingerprint density at radius 1 is 1.53 bits per heavy atom. The van der Waals surface area contributed by atoms with Crippen molar-refractivity contribution in [3.63, 3.8) is 0 Å². The third kappa shape index (κ3) is 3.86. The lowest BCUT2D eigenvalue weighted by atomic mass is 10.1. The average Bonchev–Trinajstić information content (AvgIpc) is 2.24. The van der Waals surface area contributed by atoms with E-state index in [9.17, 15) is 0 Å². The van der Waals surface area contributed by atoms with Crippen LogP contribution in [0.25, 0.3) is 0 Å². The predicted molar refractivity (Wildman–Crippen MR) is 79.4 cm³/mol. The van der Waals surface area contributed by atoms with Crippen LogP contribution in [-0.4, -0.2) is 13.1 Å². The second-order valence-corrected chi connectivity index (χ2v) is 5.32. The molecule has 0 aromatic heterocycles. The van der Waals surface area contributed by atoms with Gasteiger partial charge in [0.2, 0.25) is 0 Å². The molecule has 2 N–H and O–H groups in total. The lowest BCUT2D eigenvalue weighted by molar-refractivity contribution is 0.810. The minimum absolute atomic E-state index is 0.0506. The lowest BCUT2D eigenvalue weighted by Crippen LogP contribution is -2.24. The van der Waals surface area contributed by atoms with Gasteiger partial charge in [-0.25, -0.2) is 0 Å². The predicted octanol–water partition coefficient (Wildman–Crippen LogP) is 3.87. The lowest BCUT2D eigenvalue weighted by Gasteiger charge is -2.24. The SMILES string of the molecule is C=C(C)CN(CC)c1ccc(C(C)N)c(Br)c1. The standard InChI is InChI=1S/C14H21BrN2/c1-5-17(9-10(2)3)12-6-7-13(11(4)16)14(15)8-12/h6-8,11H,2,5,9,16H2,1,3-4H3. The Bertz CT molecular complexity index is 399. The number of hydrogen-bond donors (Lipinski definition) is 1. The van der Waals surface area contributed by atoms with Gasteiger partial charge in [0.25, 0.3) is 0 Å². The van der Waals surface area contributed by atoms with Crippen molar-refractivity contribution in [3.8, 4) is 0 Å². The molecule has 0 saturated carbocycles. The van der Waals surface area contributed by atoms with Crippen LogP contribution in [0.3, 0.4) is 0 Å². The van der Waals surface area contributed by atoms with Crippen molar-refractivity contribution in [2.45, 2.75) is 26.8 Å². The van der Waals surface area contributed by atoms with Crippen LogP contribution in [0, 0.1) is 0 Å². The van der Waals surface area contributed by atoms with Gasteiger partial charge in [-0.15, -0.1) is 0 Å². The van der Waals surface area contributed by atoms with Gasteiger partial charge in [0.15, 0.2) is 0 Å². The van der Waals surface area contributed by atoms with Crippen LogP contribution in [0.15, 0.2) is 34.8 Å². The number of anilines is 1. The summed E-state index contributed by atoms with van der Waals surface area (Å²) in [5.74, 6) is 0. The summed E-state index contributed by atoms with van der Waals surface area (Å²) in [7, 11) is 0. The maximum atomic E-state index is 5.90. The molecule has 1 aromatic carbocycles. The third-order valence-corrected chi connectivity index (χ3v) is 3.37. The summed E-state index contributed by atoms with van der Waals surface area (Å²) in [5.41, 5.74) is 9.40. The van der Waals surface area contributed by atoms with Crippen LogP contribution >= 0.6 is 15.9 Å². The zero-order chi connectivity index (χ0) is 13.0. The Balaban J connectivity index is 2.98. The molecular formula is C14H21BrN2. The summed E-state index contributed by atoms with van der Waals surface area (Å²) < 4.78 is 1.07. The van der Waals surface area contributed by atoms with Gasteiger partial charge in [0.1, 0.15) is 0 Å². The summed E-state index contributed by atoms with van der Waals surface area (Å²) in [6.45, 7) is 12.0. The van der Waals surface area contributed by atoms with E-state index in [2.05, 4.69) is 52.5 Å². The fourth-order valence-electron chi connectivity index (χ4n) is 1.79. The highest BCUT2D eigenvalue weighted by Crippen LogP contribution is 2.27. The van der Waals surface area contributed by atoms with E-state index in [0.29, 0.717) is 0 Å². The fourth-order valence-corrected chi connectivity index (χ4v) is 2.52. The summed E-state index contributed by atoms with van der Waals surface area (Å²) in [5, 5.41) is 0. The van der Waals surface area contributed by atoms with E-state index in [0.717, 1.165) is 23.1 Å². The van der Waals surface area contributed by atoms with E-state index in [1.165, 1.54) is 11.3 Å². The van der Waals surface area contributed by atoms with Gasteiger partial charge in [0.05, 0.1) is 0 Å². The molecule has 1 rings (SSSR count). The molecule has 1 aromatic rings. The minimum atomic E-state index is 0.0506. The Kier molecular flexibility index (Phi) is 5.22. The van der Waals surface area contributed by atoms with Crippen LogP contribution in [0.4, 0.5) is 5.69 Å². The molecule has 0 spiro atoms. The molecular weight excluding hydrogens is 276 g/mol. The maximum Gasteiger partial charge on any atom is 0.0383 e. The van der Waals surface area contributed by atoms with Gasteiger partial charge in [-0.1, -0.05) is 34.1 Å². The molecule has 0 amide bonds. The highest BCUT2D eigenvalue weighted by Gasteiger charge is 2.09. The van der Waals surface area contributed by atoms with Crippen molar-refractivity contribution in [2.75, 3.05) is 18.0 Å². The molecule has 0 aliphatic heterocycles. The topological polar surface area (TPSA) is 29.3 Å². The fraction of sp³-hybridized carbons (Fsp3) is 0.429. The molecule has 0 fully saturated rings. The second-order valence-electron chi connectivity index (χ2n) is 4.47. The van der Waals surface area contributed by atoms with Gasteiger partial charge in [-0.05, 0) is 38.5 Å². The largest absolute Gasteiger partial charge is 0.368 e. The number of nitrogens with two attached hydrogens (primary N) is 1. The van der Waals surface area contributed by atoms with Crippen LogP contribution in [-0.2, 0) is 0 Å². The molecule has 17 heavy (non-hydrogen) atoms. The smallest absolute Gasteiger partial charge is 0.0383 e. The van der Waals surface area contributed by atoms with Gasteiger partial charge < -0.3 is 10.6 Å². The van der Waals surface area contributed by atoms with Crippen LogP contribution < -0.4 is 10.6 Å². The normalized spacial score (nSPS) is 12.3. The Labute approximate surface area is 113 Å². The van der Waals surface area contributed by atoms with E-state index in [4.69, 9.17) is 5.73 Å². The maximum absolute atomic E-state index is 5.90. The summed E-state index contributed by atoms with van der Waals surface area (Å²) in [4.78, 5) is 2.29. The molecule has 0 heterocycles. The molecule has 0 aliphatic carbocycles. The van der Waals surface area contributed by atoms with Crippen LogP contribution in [0.1, 0.15) is 32.4 Å². The molecule has 0 bridgehead atoms. The number of rotatable bonds is 5. The van der Waals surface area contributed by atoms with Gasteiger partial charge >= 0.3 is 0 Å². The monoisotopic (exact) mass is 296 g/mol. The zero-order valence-corrected chi connectivity index (χ0v) is 12.4. The van der Waals surface area contributed by atoms with E-state index in [-0.39, 0.29) is 6.04 Å². The molecule has 0 radical (unpaired) electrons. The van der Waals surface area contributed by atoms with Gasteiger partial charge in [0, 0.05) is 29.3 Å². The summed E-state index contributed by atoms with van der Waals surface area (Å²) in [6.07, 6.45) is 0. The first-order chi connectivity index (χ1) is 7.95. The van der Waals surface area contributed by atoms with E-state index >= 15 is 0 Å². The van der Waals surface area contributed by atoms with Gasteiger partial charge in [-0.2, -0.15) is 0 Å². The summed E-state index contributed by atoms with van der Waals surface area (Å²) >= 11 is 3.58. The van der Waals surface area contributed by atoms with Crippen molar-refractivity contribution < 1.29 is 0 Å². The number of nitrogens with zero attached hydrogens (tertiary/aromatic N) is 1. The molecule has 0 aliphatic rings. The Morgan fingerprint density at radius 3 is 2.59 bits per heavy atom. The second kappa shape index (κ2) is 6.22. The molecule has 1 unspecified atom stereocenters. The van der Waals surface area contributed by atoms with Crippen molar-refractivity contribution in [3.05, 3.63) is 40.4 Å².